The first-order valence-corrected chi connectivity index (χ1v) is 6.47. The van der Waals surface area contributed by atoms with Crippen LogP contribution >= 0.6 is 0 Å². The van der Waals surface area contributed by atoms with Gasteiger partial charge in [-0.15, -0.1) is 0 Å². The molecule has 0 unspecified atom stereocenters. The van der Waals surface area contributed by atoms with E-state index in [2.05, 4.69) is 41.1 Å². The van der Waals surface area contributed by atoms with E-state index in [0.717, 1.165) is 36.7 Å². The summed E-state index contributed by atoms with van der Waals surface area (Å²) in [6.07, 6.45) is 0. The van der Waals surface area contributed by atoms with E-state index >= 15 is 0 Å². The van der Waals surface area contributed by atoms with Gasteiger partial charge in [-0.3, -0.25) is 0 Å². The summed E-state index contributed by atoms with van der Waals surface area (Å²) in [6, 6.07) is 0. The Morgan fingerprint density at radius 3 is 2.61 bits per heavy atom. The van der Waals surface area contributed by atoms with Crippen molar-refractivity contribution in [2.24, 2.45) is 5.92 Å². The lowest BCUT2D eigenvalue weighted by Crippen LogP contribution is -2.28. The minimum atomic E-state index is 0.332. The van der Waals surface area contributed by atoms with Crippen molar-refractivity contribution in [3.05, 3.63) is 11.3 Å². The lowest BCUT2D eigenvalue weighted by molar-refractivity contribution is 0.305. The zero-order valence-electron chi connectivity index (χ0n) is 12.1. The highest BCUT2D eigenvalue weighted by atomic mass is 15.1. The standard InChI is InChI=1S/C13H25N5/c1-6-18(5)8-9(2)7-15-12-10(3)11(4)16-13(14)17-12/h9H,6-8H2,1-5H3,(H3,14,15,16,17)/t9-/m0/s1. The van der Waals surface area contributed by atoms with E-state index in [4.69, 9.17) is 5.73 Å². The fraction of sp³-hybridized carbons (Fsp3) is 0.692. The van der Waals surface area contributed by atoms with Crippen molar-refractivity contribution in [1.29, 1.82) is 0 Å². The number of aromatic nitrogens is 2. The molecule has 1 rings (SSSR count). The summed E-state index contributed by atoms with van der Waals surface area (Å²) in [5, 5.41) is 3.37. The van der Waals surface area contributed by atoms with E-state index in [1.54, 1.807) is 0 Å². The summed E-state index contributed by atoms with van der Waals surface area (Å²) < 4.78 is 0. The molecule has 5 heteroatoms. The topological polar surface area (TPSA) is 67.1 Å². The average Bonchev–Trinajstić information content (AvgIpc) is 2.31. The minimum absolute atomic E-state index is 0.332. The number of hydrogen-bond acceptors (Lipinski definition) is 5. The molecule has 102 valence electrons. The van der Waals surface area contributed by atoms with E-state index in [1.165, 1.54) is 0 Å². The van der Waals surface area contributed by atoms with Gasteiger partial charge in [0.15, 0.2) is 0 Å². The molecule has 0 fully saturated rings. The van der Waals surface area contributed by atoms with Gasteiger partial charge in [0, 0.05) is 24.3 Å². The Bertz CT molecular complexity index is 391. The number of anilines is 2. The van der Waals surface area contributed by atoms with Crippen LogP contribution in [0, 0.1) is 19.8 Å². The fourth-order valence-corrected chi connectivity index (χ4v) is 1.82. The van der Waals surface area contributed by atoms with Crippen LogP contribution in [0.15, 0.2) is 0 Å². The maximum atomic E-state index is 5.67. The molecule has 0 bridgehead atoms. The third-order valence-electron chi connectivity index (χ3n) is 3.19. The Morgan fingerprint density at radius 2 is 2.00 bits per heavy atom. The van der Waals surface area contributed by atoms with E-state index in [1.807, 2.05) is 13.8 Å². The van der Waals surface area contributed by atoms with E-state index < -0.39 is 0 Å². The molecule has 0 aliphatic carbocycles. The molecule has 0 aliphatic heterocycles. The average molecular weight is 251 g/mol. The van der Waals surface area contributed by atoms with Gasteiger partial charge in [0.2, 0.25) is 5.95 Å². The van der Waals surface area contributed by atoms with Crippen LogP contribution in [0.2, 0.25) is 0 Å². The monoisotopic (exact) mass is 251 g/mol. The van der Waals surface area contributed by atoms with Crippen molar-refractivity contribution in [2.75, 3.05) is 37.7 Å². The molecule has 3 N–H and O–H groups in total. The Hall–Kier alpha value is -1.36. The van der Waals surface area contributed by atoms with Crippen LogP contribution in [-0.4, -0.2) is 41.5 Å². The number of nitrogens with zero attached hydrogens (tertiary/aromatic N) is 3. The van der Waals surface area contributed by atoms with Crippen LogP contribution in [0.5, 0.6) is 0 Å². The molecular formula is C13H25N5. The Balaban J connectivity index is 2.58. The maximum absolute atomic E-state index is 5.67. The SMILES string of the molecule is CCN(C)C[C@@H](C)CNc1nc(N)nc(C)c1C. The molecular weight excluding hydrogens is 226 g/mol. The summed E-state index contributed by atoms with van der Waals surface area (Å²) in [5.74, 6) is 1.75. The second kappa shape index (κ2) is 6.54. The molecule has 1 aromatic heterocycles. The molecule has 0 aromatic carbocycles. The quantitative estimate of drug-likeness (QED) is 0.805. The molecule has 0 aliphatic rings. The van der Waals surface area contributed by atoms with Crippen LogP contribution in [-0.2, 0) is 0 Å². The summed E-state index contributed by atoms with van der Waals surface area (Å²) in [4.78, 5) is 10.7. The van der Waals surface area contributed by atoms with E-state index in [-0.39, 0.29) is 0 Å². The predicted octanol–water partition coefficient (Wildman–Crippen LogP) is 1.68. The number of nitrogens with one attached hydrogen (secondary N) is 1. The molecule has 5 nitrogen and oxygen atoms in total. The summed E-state index contributed by atoms with van der Waals surface area (Å²) in [6.45, 7) is 11.4. The molecule has 1 atom stereocenters. The predicted molar refractivity (Wildman–Crippen MR) is 76.7 cm³/mol. The van der Waals surface area contributed by atoms with Crippen molar-refractivity contribution >= 4 is 11.8 Å². The Labute approximate surface area is 110 Å². The largest absolute Gasteiger partial charge is 0.369 e. The molecule has 1 heterocycles. The smallest absolute Gasteiger partial charge is 0.222 e. The van der Waals surface area contributed by atoms with Crippen LogP contribution < -0.4 is 11.1 Å². The van der Waals surface area contributed by atoms with Crippen molar-refractivity contribution in [3.8, 4) is 0 Å². The van der Waals surface area contributed by atoms with Gasteiger partial charge in [-0.05, 0) is 33.4 Å². The zero-order valence-corrected chi connectivity index (χ0v) is 12.1. The third-order valence-corrected chi connectivity index (χ3v) is 3.19. The molecule has 0 radical (unpaired) electrons. The van der Waals surface area contributed by atoms with Crippen LogP contribution in [0.25, 0.3) is 0 Å². The number of nitrogen functional groups attached to an aromatic ring is 1. The van der Waals surface area contributed by atoms with E-state index in [9.17, 15) is 0 Å². The highest BCUT2D eigenvalue weighted by Crippen LogP contribution is 2.16. The van der Waals surface area contributed by atoms with Crippen LogP contribution in [0.1, 0.15) is 25.1 Å². The van der Waals surface area contributed by atoms with Crippen molar-refractivity contribution < 1.29 is 0 Å². The van der Waals surface area contributed by atoms with Gasteiger partial charge in [-0.25, -0.2) is 4.98 Å². The molecule has 1 aromatic rings. The highest BCUT2D eigenvalue weighted by Gasteiger charge is 2.09. The Kier molecular flexibility index (Phi) is 5.34. The molecule has 0 amide bonds. The van der Waals surface area contributed by atoms with Crippen molar-refractivity contribution in [3.63, 3.8) is 0 Å². The van der Waals surface area contributed by atoms with Gasteiger partial charge in [0.1, 0.15) is 5.82 Å². The number of nitrogens with two attached hydrogens (primary N) is 1. The first-order valence-electron chi connectivity index (χ1n) is 6.47. The lowest BCUT2D eigenvalue weighted by Gasteiger charge is -2.20. The molecule has 0 spiro atoms. The third kappa shape index (κ3) is 4.14. The molecule has 18 heavy (non-hydrogen) atoms. The maximum Gasteiger partial charge on any atom is 0.222 e. The Morgan fingerprint density at radius 1 is 1.33 bits per heavy atom. The minimum Gasteiger partial charge on any atom is -0.369 e. The van der Waals surface area contributed by atoms with Crippen LogP contribution in [0.3, 0.4) is 0 Å². The number of hydrogen-bond donors (Lipinski definition) is 2. The first-order chi connectivity index (χ1) is 8.43. The fourth-order valence-electron chi connectivity index (χ4n) is 1.82. The highest BCUT2D eigenvalue weighted by molar-refractivity contribution is 5.48. The van der Waals surface area contributed by atoms with Gasteiger partial charge >= 0.3 is 0 Å². The van der Waals surface area contributed by atoms with E-state index in [0.29, 0.717) is 11.9 Å². The number of aryl methyl sites for hydroxylation is 1. The van der Waals surface area contributed by atoms with Crippen molar-refractivity contribution in [2.45, 2.75) is 27.7 Å². The summed E-state index contributed by atoms with van der Waals surface area (Å²) >= 11 is 0. The normalized spacial score (nSPS) is 12.8. The summed E-state index contributed by atoms with van der Waals surface area (Å²) in [7, 11) is 2.13. The van der Waals surface area contributed by atoms with Crippen molar-refractivity contribution in [1.82, 2.24) is 14.9 Å². The van der Waals surface area contributed by atoms with Gasteiger partial charge < -0.3 is 16.0 Å². The zero-order chi connectivity index (χ0) is 13.7. The van der Waals surface area contributed by atoms with Gasteiger partial charge in [0.05, 0.1) is 0 Å². The van der Waals surface area contributed by atoms with Gasteiger partial charge in [0.25, 0.3) is 0 Å². The second-order valence-corrected chi connectivity index (χ2v) is 4.98. The summed E-state index contributed by atoms with van der Waals surface area (Å²) in [5.41, 5.74) is 7.67. The first kappa shape index (κ1) is 14.7. The lowest BCUT2D eigenvalue weighted by atomic mass is 10.1. The second-order valence-electron chi connectivity index (χ2n) is 4.98. The number of rotatable bonds is 6. The van der Waals surface area contributed by atoms with Crippen LogP contribution in [0.4, 0.5) is 11.8 Å². The van der Waals surface area contributed by atoms with Gasteiger partial charge in [-0.1, -0.05) is 13.8 Å². The van der Waals surface area contributed by atoms with Gasteiger partial charge in [-0.2, -0.15) is 4.98 Å². The molecule has 0 saturated heterocycles. The molecule has 0 saturated carbocycles.